The van der Waals surface area contributed by atoms with Gasteiger partial charge in [0.15, 0.2) is 0 Å². The highest BCUT2D eigenvalue weighted by Gasteiger charge is 2.05. The second kappa shape index (κ2) is 6.34. The monoisotopic (exact) mass is 242 g/mol. The minimum Gasteiger partial charge on any atom is -0.312 e. The quantitative estimate of drug-likeness (QED) is 0.754. The van der Waals surface area contributed by atoms with Crippen molar-refractivity contribution in [1.29, 1.82) is 0 Å². The molecule has 0 saturated heterocycles. The van der Waals surface area contributed by atoms with Gasteiger partial charge in [-0.1, -0.05) is 25.1 Å². The van der Waals surface area contributed by atoms with Crippen molar-refractivity contribution < 1.29 is 10.6 Å². The van der Waals surface area contributed by atoms with E-state index in [9.17, 15) is 0 Å². The first kappa shape index (κ1) is 12.8. The highest BCUT2D eigenvalue weighted by Crippen LogP contribution is 2.07. The van der Waals surface area contributed by atoms with Crippen LogP contribution in [0.1, 0.15) is 20.3 Å². The van der Waals surface area contributed by atoms with Gasteiger partial charge >= 0.3 is 0 Å². The lowest BCUT2D eigenvalue weighted by Gasteiger charge is -2.07. The van der Waals surface area contributed by atoms with Crippen molar-refractivity contribution in [3.8, 4) is 0 Å². The van der Waals surface area contributed by atoms with Crippen molar-refractivity contribution in [2.45, 2.75) is 26.3 Å². The number of benzene rings is 2. The molecule has 2 aromatic rings. The molecule has 1 unspecified atom stereocenters. The van der Waals surface area contributed by atoms with E-state index in [0.29, 0.717) is 6.04 Å². The highest BCUT2D eigenvalue weighted by molar-refractivity contribution is 5.41. The standard InChI is InChI=1S/C16H20N2/c1-3-13(2)17-15-9-11-16(12-10-15)18-14-7-5-4-6-8-14/h4-13,17-18H,3H2,1-2H3/p+2. The van der Waals surface area contributed by atoms with E-state index in [0.717, 1.165) is 0 Å². The van der Waals surface area contributed by atoms with Crippen LogP contribution in [0.25, 0.3) is 0 Å². The fraction of sp³-hybridized carbons (Fsp3) is 0.250. The lowest BCUT2D eigenvalue weighted by atomic mass is 10.2. The van der Waals surface area contributed by atoms with Gasteiger partial charge in [0, 0.05) is 24.3 Å². The average Bonchev–Trinajstić information content (AvgIpc) is 2.42. The summed E-state index contributed by atoms with van der Waals surface area (Å²) in [5, 5.41) is 4.53. The summed E-state index contributed by atoms with van der Waals surface area (Å²) >= 11 is 0. The Morgan fingerprint density at radius 3 is 2.00 bits per heavy atom. The maximum Gasteiger partial charge on any atom is 0.135 e. The maximum atomic E-state index is 2.33. The molecule has 0 fully saturated rings. The van der Waals surface area contributed by atoms with E-state index in [1.54, 1.807) is 0 Å². The number of para-hydroxylation sites is 1. The number of hydrogen-bond donors (Lipinski definition) is 2. The van der Waals surface area contributed by atoms with Crippen LogP contribution in [0.2, 0.25) is 0 Å². The lowest BCUT2D eigenvalue weighted by Crippen LogP contribution is -2.83. The summed E-state index contributed by atoms with van der Waals surface area (Å²) in [6.07, 6.45) is 1.19. The summed E-state index contributed by atoms with van der Waals surface area (Å²) in [4.78, 5) is 0. The number of rotatable bonds is 5. The fourth-order valence-corrected chi connectivity index (χ4v) is 1.89. The van der Waals surface area contributed by atoms with Gasteiger partial charge in [0.2, 0.25) is 0 Å². The first-order valence-corrected chi connectivity index (χ1v) is 6.62. The molecule has 0 aliphatic rings. The van der Waals surface area contributed by atoms with Crippen molar-refractivity contribution in [2.24, 2.45) is 0 Å². The Labute approximate surface area is 109 Å². The minimum absolute atomic E-state index is 0.647. The number of nitrogens with two attached hydrogens (primary N) is 2. The number of hydrogen-bond acceptors (Lipinski definition) is 0. The SMILES string of the molecule is CCC(C)[NH2+]c1ccc([NH2+]c2ccccc2)cc1. The Morgan fingerprint density at radius 1 is 0.833 bits per heavy atom. The van der Waals surface area contributed by atoms with Crippen LogP contribution in [0.5, 0.6) is 0 Å². The molecule has 0 amide bonds. The molecule has 0 spiro atoms. The van der Waals surface area contributed by atoms with E-state index in [-0.39, 0.29) is 0 Å². The van der Waals surface area contributed by atoms with E-state index >= 15 is 0 Å². The van der Waals surface area contributed by atoms with Crippen molar-refractivity contribution in [1.82, 2.24) is 0 Å². The summed E-state index contributed by atoms with van der Waals surface area (Å²) in [5.74, 6) is 0. The van der Waals surface area contributed by atoms with Crippen molar-refractivity contribution in [3.05, 3.63) is 54.6 Å². The minimum atomic E-state index is 0.647. The van der Waals surface area contributed by atoms with E-state index in [2.05, 4.69) is 73.0 Å². The zero-order chi connectivity index (χ0) is 12.8. The fourth-order valence-electron chi connectivity index (χ4n) is 1.89. The van der Waals surface area contributed by atoms with E-state index in [1.807, 2.05) is 6.07 Å². The largest absolute Gasteiger partial charge is 0.312 e. The van der Waals surface area contributed by atoms with Gasteiger partial charge in [-0.3, -0.25) is 5.32 Å². The normalized spacial score (nSPS) is 12.3. The van der Waals surface area contributed by atoms with E-state index in [4.69, 9.17) is 0 Å². The van der Waals surface area contributed by atoms with Crippen LogP contribution < -0.4 is 10.6 Å². The second-order valence-electron chi connectivity index (χ2n) is 4.77. The first-order valence-electron chi connectivity index (χ1n) is 6.62. The zero-order valence-corrected chi connectivity index (χ0v) is 11.1. The molecule has 18 heavy (non-hydrogen) atoms. The van der Waals surface area contributed by atoms with Crippen LogP contribution in [-0.2, 0) is 0 Å². The molecule has 0 heterocycles. The third-order valence-electron chi connectivity index (χ3n) is 3.19. The Kier molecular flexibility index (Phi) is 4.51. The van der Waals surface area contributed by atoms with Crippen LogP contribution in [0.4, 0.5) is 17.1 Å². The average molecular weight is 242 g/mol. The van der Waals surface area contributed by atoms with Gasteiger partial charge in [0.25, 0.3) is 0 Å². The van der Waals surface area contributed by atoms with Crippen LogP contribution in [-0.4, -0.2) is 6.04 Å². The molecule has 2 heteroatoms. The smallest absolute Gasteiger partial charge is 0.135 e. The van der Waals surface area contributed by atoms with Gasteiger partial charge in [0.05, 0.1) is 6.04 Å². The van der Waals surface area contributed by atoms with Gasteiger partial charge in [0.1, 0.15) is 17.1 Å². The molecule has 2 aromatic carbocycles. The Hall–Kier alpha value is -1.64. The molecule has 0 aromatic heterocycles. The second-order valence-corrected chi connectivity index (χ2v) is 4.77. The molecule has 0 radical (unpaired) electrons. The molecule has 0 aliphatic heterocycles. The molecule has 2 rings (SSSR count). The Balaban J connectivity index is 2.00. The third-order valence-corrected chi connectivity index (χ3v) is 3.19. The molecular weight excluding hydrogens is 220 g/mol. The summed E-state index contributed by atoms with van der Waals surface area (Å²) < 4.78 is 0. The third kappa shape index (κ3) is 3.69. The van der Waals surface area contributed by atoms with Gasteiger partial charge in [-0.15, -0.1) is 0 Å². The molecular formula is C16H22N2+2. The van der Waals surface area contributed by atoms with Gasteiger partial charge < -0.3 is 5.32 Å². The molecule has 0 bridgehead atoms. The molecule has 4 N–H and O–H groups in total. The van der Waals surface area contributed by atoms with E-state index < -0.39 is 0 Å². The Morgan fingerprint density at radius 2 is 1.39 bits per heavy atom. The zero-order valence-electron chi connectivity index (χ0n) is 11.1. The van der Waals surface area contributed by atoms with Crippen molar-refractivity contribution >= 4 is 17.1 Å². The maximum absolute atomic E-state index is 2.33. The summed E-state index contributed by atoms with van der Waals surface area (Å²) in [5.41, 5.74) is 3.81. The van der Waals surface area contributed by atoms with Crippen molar-refractivity contribution in [3.63, 3.8) is 0 Å². The molecule has 94 valence electrons. The first-order chi connectivity index (χ1) is 8.78. The van der Waals surface area contributed by atoms with Gasteiger partial charge in [-0.2, -0.15) is 0 Å². The van der Waals surface area contributed by atoms with Crippen LogP contribution >= 0.6 is 0 Å². The van der Waals surface area contributed by atoms with Gasteiger partial charge in [-0.25, -0.2) is 0 Å². The topological polar surface area (TPSA) is 33.2 Å². The molecule has 0 saturated carbocycles. The highest BCUT2D eigenvalue weighted by atomic mass is 14.9. The summed E-state index contributed by atoms with van der Waals surface area (Å²) in [6.45, 7) is 4.47. The summed E-state index contributed by atoms with van der Waals surface area (Å²) in [7, 11) is 0. The molecule has 0 aliphatic carbocycles. The predicted molar refractivity (Wildman–Crippen MR) is 75.5 cm³/mol. The predicted octanol–water partition coefficient (Wildman–Crippen LogP) is 2.21. The lowest BCUT2D eigenvalue weighted by molar-refractivity contribution is -0.607. The number of quaternary nitrogens is 2. The molecule has 2 nitrogen and oxygen atoms in total. The Bertz CT molecular complexity index is 462. The molecule has 1 atom stereocenters. The van der Waals surface area contributed by atoms with Crippen LogP contribution in [0, 0.1) is 0 Å². The van der Waals surface area contributed by atoms with Gasteiger partial charge in [-0.05, 0) is 25.5 Å². The van der Waals surface area contributed by atoms with Crippen molar-refractivity contribution in [2.75, 3.05) is 0 Å². The van der Waals surface area contributed by atoms with Crippen LogP contribution in [0.3, 0.4) is 0 Å². The van der Waals surface area contributed by atoms with E-state index in [1.165, 1.54) is 23.5 Å². The summed E-state index contributed by atoms with van der Waals surface area (Å²) in [6, 6.07) is 19.8. The van der Waals surface area contributed by atoms with Crippen LogP contribution in [0.15, 0.2) is 54.6 Å².